The number of nitrogens with zero attached hydrogens (tertiary/aromatic N) is 3. The van der Waals surface area contributed by atoms with Gasteiger partial charge in [0, 0.05) is 49.3 Å². The molecule has 3 heterocycles. The summed E-state index contributed by atoms with van der Waals surface area (Å²) >= 11 is 5.96. The van der Waals surface area contributed by atoms with Crippen LogP contribution in [0.2, 0.25) is 30.7 Å². The fourth-order valence-corrected chi connectivity index (χ4v) is 7.32. The molecule has 2 aliphatic rings. The highest BCUT2D eigenvalue weighted by Gasteiger charge is 2.48. The predicted molar refractivity (Wildman–Crippen MR) is 126 cm³/mol. The van der Waals surface area contributed by atoms with Crippen molar-refractivity contribution in [1.29, 1.82) is 0 Å². The molecule has 174 valence electrons. The number of piperidine rings is 1. The van der Waals surface area contributed by atoms with Crippen molar-refractivity contribution in [1.82, 2.24) is 14.1 Å². The topological polar surface area (TPSA) is 81.5 Å². The molecule has 1 saturated heterocycles. The molecule has 1 aromatic carbocycles. The summed E-state index contributed by atoms with van der Waals surface area (Å²) in [5.41, 5.74) is 1.89. The predicted octanol–water partition coefficient (Wildman–Crippen LogP) is 4.11. The van der Waals surface area contributed by atoms with Gasteiger partial charge in [-0.3, -0.25) is 0 Å². The molecular weight excluding hydrogens is 466 g/mol. The lowest BCUT2D eigenvalue weighted by Crippen LogP contribution is -2.52. The first-order chi connectivity index (χ1) is 15.1. The van der Waals surface area contributed by atoms with Crippen molar-refractivity contribution >= 4 is 36.0 Å². The second kappa shape index (κ2) is 9.02. The summed E-state index contributed by atoms with van der Waals surface area (Å²) in [6.07, 6.45) is 4.19. The monoisotopic (exact) mass is 495 g/mol. The number of aromatic nitrogens is 2. The first kappa shape index (κ1) is 23.6. The molecule has 0 amide bonds. The lowest BCUT2D eigenvalue weighted by atomic mass is 9.80. The van der Waals surface area contributed by atoms with Gasteiger partial charge in [-0.25, -0.2) is 13.1 Å². The van der Waals surface area contributed by atoms with E-state index in [2.05, 4.69) is 24.7 Å². The van der Waals surface area contributed by atoms with Gasteiger partial charge in [0.2, 0.25) is 10.0 Å². The zero-order chi connectivity index (χ0) is 23.1. The number of rotatable bonds is 8. The Kier molecular flexibility index (Phi) is 6.66. The van der Waals surface area contributed by atoms with E-state index in [9.17, 15) is 13.2 Å². The molecule has 10 heteroatoms. The third-order valence-electron chi connectivity index (χ3n) is 6.33. The average Bonchev–Trinajstić information content (AvgIpc) is 3.12. The average molecular weight is 496 g/mol. The molecule has 1 fully saturated rings. The largest absolute Gasteiger partial charge is 0.360 e. The van der Waals surface area contributed by atoms with Crippen LogP contribution in [0, 0.1) is 5.92 Å². The molecule has 2 bridgehead atoms. The SMILES string of the molecule is C[Si](C)(C)CCOCn1ncc2c1CC1CC(C=O)CC2N1S(=O)(=O)c1ccc(Cl)cc1. The van der Waals surface area contributed by atoms with Crippen molar-refractivity contribution in [2.24, 2.45) is 5.92 Å². The van der Waals surface area contributed by atoms with Gasteiger partial charge >= 0.3 is 0 Å². The number of hydrogen-bond donors (Lipinski definition) is 0. The van der Waals surface area contributed by atoms with E-state index in [1.165, 1.54) is 12.1 Å². The number of carbonyl (C=O) groups is 1. The van der Waals surface area contributed by atoms with E-state index in [1.807, 2.05) is 4.68 Å². The summed E-state index contributed by atoms with van der Waals surface area (Å²) in [6.45, 7) is 7.99. The quantitative estimate of drug-likeness (QED) is 0.312. The van der Waals surface area contributed by atoms with E-state index >= 15 is 0 Å². The summed E-state index contributed by atoms with van der Waals surface area (Å²) in [6, 6.07) is 6.62. The van der Waals surface area contributed by atoms with Gasteiger partial charge in [-0.1, -0.05) is 31.2 Å². The van der Waals surface area contributed by atoms with Gasteiger partial charge in [0.15, 0.2) is 0 Å². The number of carbonyl (C=O) groups excluding carboxylic acids is 1. The van der Waals surface area contributed by atoms with Crippen LogP contribution in [0.4, 0.5) is 0 Å². The Balaban J connectivity index is 1.61. The summed E-state index contributed by atoms with van der Waals surface area (Å²) in [4.78, 5) is 11.8. The second-order valence-corrected chi connectivity index (χ2v) is 17.8. The van der Waals surface area contributed by atoms with E-state index in [0.717, 1.165) is 23.6 Å². The van der Waals surface area contributed by atoms with Crippen LogP contribution in [0.5, 0.6) is 0 Å². The summed E-state index contributed by atoms with van der Waals surface area (Å²) in [5, 5.41) is 5.01. The molecule has 0 saturated carbocycles. The Bertz CT molecular complexity index is 1080. The Morgan fingerprint density at radius 3 is 2.59 bits per heavy atom. The van der Waals surface area contributed by atoms with Crippen molar-refractivity contribution in [3.63, 3.8) is 0 Å². The maximum atomic E-state index is 13.6. The van der Waals surface area contributed by atoms with Crippen LogP contribution in [0.25, 0.3) is 0 Å². The summed E-state index contributed by atoms with van der Waals surface area (Å²) in [7, 11) is -4.92. The highest BCUT2D eigenvalue weighted by molar-refractivity contribution is 7.89. The van der Waals surface area contributed by atoms with Crippen LogP contribution in [0.15, 0.2) is 35.4 Å². The molecule has 0 N–H and O–H groups in total. The van der Waals surface area contributed by atoms with Crippen LogP contribution >= 0.6 is 11.6 Å². The number of sulfonamides is 1. The van der Waals surface area contributed by atoms with Gasteiger partial charge in [-0.05, 0) is 43.2 Å². The summed E-state index contributed by atoms with van der Waals surface area (Å²) in [5.74, 6) is -0.161. The number of ether oxygens (including phenoxy) is 1. The molecule has 0 aliphatic carbocycles. The second-order valence-electron chi connectivity index (χ2n) is 9.92. The van der Waals surface area contributed by atoms with E-state index < -0.39 is 24.1 Å². The van der Waals surface area contributed by atoms with Crippen molar-refractivity contribution in [2.75, 3.05) is 6.61 Å². The van der Waals surface area contributed by atoms with Crippen molar-refractivity contribution in [2.45, 2.75) is 68.7 Å². The van der Waals surface area contributed by atoms with Crippen molar-refractivity contribution < 1.29 is 17.9 Å². The standard InChI is InChI=1S/C22H30ClN3O4SSi/c1-32(2,3)9-8-30-15-25-21-12-18-10-16(14-27)11-22(20(21)13-24-25)26(18)31(28,29)19-6-4-17(23)5-7-19/h4-7,13-14,16,18,22H,8-12,15H2,1-3H3. The molecule has 0 radical (unpaired) electrons. The molecule has 3 atom stereocenters. The smallest absolute Gasteiger partial charge is 0.243 e. The van der Waals surface area contributed by atoms with Crippen LogP contribution in [-0.4, -0.2) is 49.5 Å². The Labute approximate surface area is 195 Å². The molecule has 0 spiro atoms. The minimum absolute atomic E-state index is 0.161. The van der Waals surface area contributed by atoms with E-state index in [-0.39, 0.29) is 16.9 Å². The highest BCUT2D eigenvalue weighted by Crippen LogP contribution is 2.46. The molecule has 2 aliphatic heterocycles. The zero-order valence-electron chi connectivity index (χ0n) is 18.7. The number of aldehydes is 1. The van der Waals surface area contributed by atoms with Crippen molar-refractivity contribution in [3.05, 3.63) is 46.7 Å². The number of fused-ring (bicyclic) bond motifs is 4. The van der Waals surface area contributed by atoms with Gasteiger partial charge < -0.3 is 9.53 Å². The molecule has 3 unspecified atom stereocenters. The fraction of sp³-hybridized carbons (Fsp3) is 0.545. The van der Waals surface area contributed by atoms with Gasteiger partial charge in [-0.15, -0.1) is 0 Å². The normalized spacial score (nSPS) is 23.7. The fourth-order valence-electron chi connectivity index (χ4n) is 4.63. The van der Waals surface area contributed by atoms with E-state index in [0.29, 0.717) is 37.6 Å². The lowest BCUT2D eigenvalue weighted by Gasteiger charge is -2.46. The third kappa shape index (κ3) is 4.72. The maximum absolute atomic E-state index is 13.6. The Morgan fingerprint density at radius 2 is 1.94 bits per heavy atom. The Morgan fingerprint density at radius 1 is 1.22 bits per heavy atom. The number of halogens is 1. The van der Waals surface area contributed by atoms with Gasteiger partial charge in [-0.2, -0.15) is 9.40 Å². The minimum atomic E-state index is -3.75. The lowest BCUT2D eigenvalue weighted by molar-refractivity contribution is -0.113. The van der Waals surface area contributed by atoms with Crippen LogP contribution in [-0.2, 0) is 32.7 Å². The van der Waals surface area contributed by atoms with Gasteiger partial charge in [0.05, 0.1) is 17.1 Å². The summed E-state index contributed by atoms with van der Waals surface area (Å²) < 4.78 is 36.5. The Hall–Kier alpha value is -1.52. The van der Waals surface area contributed by atoms with Crippen LogP contribution < -0.4 is 0 Å². The van der Waals surface area contributed by atoms with Crippen molar-refractivity contribution in [3.8, 4) is 0 Å². The molecule has 32 heavy (non-hydrogen) atoms. The minimum Gasteiger partial charge on any atom is -0.360 e. The molecular formula is C22H30ClN3O4SSi. The highest BCUT2D eigenvalue weighted by atomic mass is 35.5. The number of benzene rings is 1. The third-order valence-corrected chi connectivity index (χ3v) is 10.3. The number of hydrogen-bond acceptors (Lipinski definition) is 5. The molecule has 4 rings (SSSR count). The van der Waals surface area contributed by atoms with Crippen LogP contribution in [0.3, 0.4) is 0 Å². The first-order valence-corrected chi connectivity index (χ1v) is 16.5. The first-order valence-electron chi connectivity index (χ1n) is 11.0. The van der Waals surface area contributed by atoms with Gasteiger partial charge in [0.25, 0.3) is 0 Å². The van der Waals surface area contributed by atoms with Gasteiger partial charge in [0.1, 0.15) is 13.0 Å². The maximum Gasteiger partial charge on any atom is 0.243 e. The molecule has 1 aromatic heterocycles. The molecule has 7 nitrogen and oxygen atoms in total. The molecule has 2 aromatic rings. The van der Waals surface area contributed by atoms with Crippen LogP contribution in [0.1, 0.15) is 30.1 Å². The van der Waals surface area contributed by atoms with E-state index in [4.69, 9.17) is 16.3 Å². The zero-order valence-corrected chi connectivity index (χ0v) is 21.3. The van der Waals surface area contributed by atoms with E-state index in [1.54, 1.807) is 22.6 Å².